The molecule has 26 heavy (non-hydrogen) atoms. The second-order valence-corrected chi connectivity index (χ2v) is 5.56. The molecular weight excluding hydrogens is 334 g/mol. The predicted octanol–water partition coefficient (Wildman–Crippen LogP) is 2.80. The summed E-state index contributed by atoms with van der Waals surface area (Å²) in [4.78, 5) is 28.8. The van der Waals surface area contributed by atoms with E-state index in [-0.39, 0.29) is 23.9 Å². The first-order chi connectivity index (χ1) is 12.6. The van der Waals surface area contributed by atoms with E-state index in [0.717, 1.165) is 0 Å². The van der Waals surface area contributed by atoms with Crippen LogP contribution in [0.15, 0.2) is 53.1 Å². The quantitative estimate of drug-likeness (QED) is 0.686. The van der Waals surface area contributed by atoms with Crippen molar-refractivity contribution in [1.82, 2.24) is 10.1 Å². The number of methoxy groups -OCH3 is 1. The summed E-state index contributed by atoms with van der Waals surface area (Å²) in [5.41, 5.74) is 1.42. The molecule has 0 bridgehead atoms. The molecule has 3 rings (SSSR count). The fraction of sp³-hybridized carbons (Fsp3) is 0.158. The molecule has 1 aromatic heterocycles. The Balaban J connectivity index is 1.81. The van der Waals surface area contributed by atoms with Gasteiger partial charge >= 0.3 is 0 Å². The topological polar surface area (TPSA) is 94.3 Å². The average Bonchev–Trinajstić information content (AvgIpc) is 3.06. The van der Waals surface area contributed by atoms with Crippen LogP contribution in [0.25, 0.3) is 0 Å². The number of benzene rings is 2. The zero-order valence-corrected chi connectivity index (χ0v) is 14.4. The van der Waals surface area contributed by atoms with Crippen LogP contribution in [0.4, 0.5) is 5.69 Å². The second-order valence-electron chi connectivity index (χ2n) is 5.56. The summed E-state index contributed by atoms with van der Waals surface area (Å²) in [7, 11) is 1.49. The van der Waals surface area contributed by atoms with E-state index in [2.05, 4.69) is 15.5 Å². The van der Waals surface area contributed by atoms with Crippen LogP contribution >= 0.6 is 0 Å². The highest BCUT2D eigenvalue weighted by molar-refractivity contribution is 6.10. The zero-order chi connectivity index (χ0) is 18.5. The standard InChI is InChI=1S/C19H17N3O4/c1-12-20-17(22-26-12)11-18(23)21-15-10-14(8-9-16(15)25-2)19(24)13-6-4-3-5-7-13/h3-10H,11H2,1-2H3,(H,21,23). The maximum atomic E-state index is 12.6. The van der Waals surface area contributed by atoms with Crippen molar-refractivity contribution in [2.45, 2.75) is 13.3 Å². The summed E-state index contributed by atoms with van der Waals surface area (Å²) < 4.78 is 10.1. The Kier molecular flexibility index (Phi) is 5.07. The number of hydrogen-bond donors (Lipinski definition) is 1. The first kappa shape index (κ1) is 17.3. The SMILES string of the molecule is COc1ccc(C(=O)c2ccccc2)cc1NC(=O)Cc1noc(C)n1. The van der Waals surface area contributed by atoms with Gasteiger partial charge in [0, 0.05) is 18.1 Å². The van der Waals surface area contributed by atoms with Crippen molar-refractivity contribution in [2.24, 2.45) is 0 Å². The molecule has 0 atom stereocenters. The number of carbonyl (C=O) groups excluding carboxylic acids is 2. The molecule has 7 nitrogen and oxygen atoms in total. The van der Waals surface area contributed by atoms with E-state index < -0.39 is 0 Å². The van der Waals surface area contributed by atoms with Crippen LogP contribution in [0.1, 0.15) is 27.6 Å². The van der Waals surface area contributed by atoms with Gasteiger partial charge in [-0.05, 0) is 18.2 Å². The molecule has 0 fully saturated rings. The molecule has 0 spiro atoms. The molecule has 1 N–H and O–H groups in total. The van der Waals surface area contributed by atoms with Gasteiger partial charge in [-0.2, -0.15) is 4.98 Å². The van der Waals surface area contributed by atoms with Crippen LogP contribution in [-0.2, 0) is 11.2 Å². The lowest BCUT2D eigenvalue weighted by atomic mass is 10.0. The number of hydrogen-bond acceptors (Lipinski definition) is 6. The first-order valence-electron chi connectivity index (χ1n) is 7.93. The molecule has 7 heteroatoms. The molecule has 0 unspecified atom stereocenters. The smallest absolute Gasteiger partial charge is 0.232 e. The number of carbonyl (C=O) groups is 2. The normalized spacial score (nSPS) is 10.4. The molecule has 0 aliphatic heterocycles. The van der Waals surface area contributed by atoms with E-state index in [9.17, 15) is 9.59 Å². The minimum Gasteiger partial charge on any atom is -0.495 e. The van der Waals surface area contributed by atoms with Crippen molar-refractivity contribution in [2.75, 3.05) is 12.4 Å². The van der Waals surface area contributed by atoms with Gasteiger partial charge in [-0.3, -0.25) is 9.59 Å². The van der Waals surface area contributed by atoms with Crippen molar-refractivity contribution in [1.29, 1.82) is 0 Å². The van der Waals surface area contributed by atoms with Crippen LogP contribution in [0.5, 0.6) is 5.75 Å². The van der Waals surface area contributed by atoms with Gasteiger partial charge in [-0.25, -0.2) is 0 Å². The number of aryl methyl sites for hydroxylation is 1. The van der Waals surface area contributed by atoms with E-state index in [1.54, 1.807) is 49.4 Å². The molecule has 3 aromatic rings. The lowest BCUT2D eigenvalue weighted by Gasteiger charge is -2.11. The first-order valence-corrected chi connectivity index (χ1v) is 7.93. The van der Waals surface area contributed by atoms with Crippen molar-refractivity contribution in [3.05, 3.63) is 71.4 Å². The van der Waals surface area contributed by atoms with Crippen LogP contribution in [0, 0.1) is 6.92 Å². The van der Waals surface area contributed by atoms with Gasteiger partial charge in [-0.1, -0.05) is 35.5 Å². The predicted molar refractivity (Wildman–Crippen MR) is 94.2 cm³/mol. The Morgan fingerprint density at radius 2 is 1.88 bits per heavy atom. The fourth-order valence-corrected chi connectivity index (χ4v) is 2.45. The van der Waals surface area contributed by atoms with E-state index in [0.29, 0.717) is 28.5 Å². The summed E-state index contributed by atoms with van der Waals surface area (Å²) >= 11 is 0. The highest BCUT2D eigenvalue weighted by Gasteiger charge is 2.15. The maximum absolute atomic E-state index is 12.6. The summed E-state index contributed by atoms with van der Waals surface area (Å²) in [5, 5.41) is 6.42. The Bertz CT molecular complexity index is 935. The summed E-state index contributed by atoms with van der Waals surface area (Å²) in [6, 6.07) is 13.8. The van der Waals surface area contributed by atoms with Gasteiger partial charge in [0.15, 0.2) is 11.6 Å². The molecule has 132 valence electrons. The monoisotopic (exact) mass is 351 g/mol. The number of amides is 1. The molecule has 0 aliphatic carbocycles. The number of nitrogens with one attached hydrogen (secondary N) is 1. The Morgan fingerprint density at radius 3 is 2.54 bits per heavy atom. The molecular formula is C19H17N3O4. The van der Waals surface area contributed by atoms with E-state index in [1.807, 2.05) is 6.07 Å². The summed E-state index contributed by atoms with van der Waals surface area (Å²) in [5.74, 6) is 0.648. The molecule has 0 saturated heterocycles. The van der Waals surface area contributed by atoms with Crippen molar-refractivity contribution < 1.29 is 18.8 Å². The molecule has 0 radical (unpaired) electrons. The Hall–Kier alpha value is -3.48. The lowest BCUT2D eigenvalue weighted by molar-refractivity contribution is -0.115. The van der Waals surface area contributed by atoms with E-state index in [4.69, 9.17) is 9.26 Å². The highest BCUT2D eigenvalue weighted by atomic mass is 16.5. The van der Waals surface area contributed by atoms with Gasteiger partial charge in [0.05, 0.1) is 19.2 Å². The van der Waals surface area contributed by atoms with Crippen molar-refractivity contribution in [3.8, 4) is 5.75 Å². The molecule has 1 heterocycles. The maximum Gasteiger partial charge on any atom is 0.232 e. The molecule has 2 aromatic carbocycles. The van der Waals surface area contributed by atoms with Gasteiger partial charge in [0.2, 0.25) is 11.8 Å². The number of nitrogens with zero attached hydrogens (tertiary/aromatic N) is 2. The summed E-state index contributed by atoms with van der Waals surface area (Å²) in [6.07, 6.45) is -0.0443. The number of aromatic nitrogens is 2. The minimum atomic E-state index is -0.339. The highest BCUT2D eigenvalue weighted by Crippen LogP contribution is 2.26. The largest absolute Gasteiger partial charge is 0.495 e. The third-order valence-electron chi connectivity index (χ3n) is 3.66. The van der Waals surface area contributed by atoms with Crippen LogP contribution in [-0.4, -0.2) is 28.9 Å². The third kappa shape index (κ3) is 3.94. The van der Waals surface area contributed by atoms with Gasteiger partial charge < -0.3 is 14.6 Å². The van der Waals surface area contributed by atoms with Gasteiger partial charge in [0.1, 0.15) is 5.75 Å². The zero-order valence-electron chi connectivity index (χ0n) is 14.4. The van der Waals surface area contributed by atoms with Crippen LogP contribution < -0.4 is 10.1 Å². The minimum absolute atomic E-state index is 0.0443. The number of rotatable bonds is 6. The molecule has 0 saturated carbocycles. The Labute approximate surface area is 150 Å². The summed E-state index contributed by atoms with van der Waals surface area (Å²) in [6.45, 7) is 1.65. The van der Waals surface area contributed by atoms with Gasteiger partial charge in [0.25, 0.3) is 0 Å². The van der Waals surface area contributed by atoms with Crippen molar-refractivity contribution >= 4 is 17.4 Å². The second kappa shape index (κ2) is 7.60. The van der Waals surface area contributed by atoms with Crippen LogP contribution in [0.2, 0.25) is 0 Å². The Morgan fingerprint density at radius 1 is 1.12 bits per heavy atom. The van der Waals surface area contributed by atoms with Crippen molar-refractivity contribution in [3.63, 3.8) is 0 Å². The van der Waals surface area contributed by atoms with Crippen LogP contribution in [0.3, 0.4) is 0 Å². The molecule has 0 aliphatic rings. The lowest BCUT2D eigenvalue weighted by Crippen LogP contribution is -2.16. The van der Waals surface area contributed by atoms with E-state index >= 15 is 0 Å². The van der Waals surface area contributed by atoms with E-state index in [1.165, 1.54) is 7.11 Å². The third-order valence-corrected chi connectivity index (χ3v) is 3.66. The number of ether oxygens (including phenoxy) is 1. The average molecular weight is 351 g/mol. The molecule has 1 amide bonds. The number of anilines is 1. The fourth-order valence-electron chi connectivity index (χ4n) is 2.45. The van der Waals surface area contributed by atoms with Gasteiger partial charge in [-0.15, -0.1) is 0 Å². The number of ketones is 1.